The number of nitrogens with zero attached hydrogens (tertiary/aromatic N) is 6. The van der Waals surface area contributed by atoms with E-state index in [-0.39, 0.29) is 29.0 Å². The molecular weight excluding hydrogens is 519 g/mol. The summed E-state index contributed by atoms with van der Waals surface area (Å²) in [5.41, 5.74) is 3.07. The van der Waals surface area contributed by atoms with Gasteiger partial charge in [-0.15, -0.1) is 0 Å². The van der Waals surface area contributed by atoms with Crippen LogP contribution >= 0.6 is 0 Å². The second-order valence-electron chi connectivity index (χ2n) is 10.6. The lowest BCUT2D eigenvalue weighted by Gasteiger charge is -2.40. The van der Waals surface area contributed by atoms with Crippen molar-refractivity contribution in [2.75, 3.05) is 24.5 Å². The van der Waals surface area contributed by atoms with Gasteiger partial charge in [0.25, 0.3) is 0 Å². The standard InChI is InChI=1S/C32H31FN6O2/c1-6-28(40)37-13-14-38(21(5)18-37)31-25-15-22(17-34)24(23-9-7-8-10-26(23)33)16-27(25)39(32(41)36-31)30-20(4)11-12-35-29(30)19(2)3/h6-12,15-16,19,21H,1,13-14,18H2,2-5H3. The highest BCUT2D eigenvalue weighted by Gasteiger charge is 2.30. The normalized spacial score (nSPS) is 15.3. The number of hydrogen-bond acceptors (Lipinski definition) is 6. The summed E-state index contributed by atoms with van der Waals surface area (Å²) in [4.78, 5) is 39.1. The molecule has 1 unspecified atom stereocenters. The molecule has 4 aromatic rings. The van der Waals surface area contributed by atoms with Crippen LogP contribution in [0.15, 0.2) is 66.1 Å². The van der Waals surface area contributed by atoms with Gasteiger partial charge in [0.15, 0.2) is 0 Å². The average Bonchev–Trinajstić information content (AvgIpc) is 2.96. The third kappa shape index (κ3) is 4.86. The molecule has 0 bridgehead atoms. The number of anilines is 1. The minimum atomic E-state index is -0.508. The fourth-order valence-electron chi connectivity index (χ4n) is 5.57. The Hall–Kier alpha value is -4.84. The summed E-state index contributed by atoms with van der Waals surface area (Å²) in [7, 11) is 0. The van der Waals surface area contributed by atoms with Crippen molar-refractivity contribution in [3.63, 3.8) is 0 Å². The number of nitriles is 1. The Bertz CT molecular complexity index is 1790. The van der Waals surface area contributed by atoms with Gasteiger partial charge in [-0.25, -0.2) is 9.18 Å². The highest BCUT2D eigenvalue weighted by Crippen LogP contribution is 2.36. The number of pyridine rings is 1. The molecule has 1 aliphatic rings. The molecule has 41 heavy (non-hydrogen) atoms. The van der Waals surface area contributed by atoms with Gasteiger partial charge in [0, 0.05) is 48.4 Å². The van der Waals surface area contributed by atoms with Crippen LogP contribution in [0.5, 0.6) is 0 Å². The Labute approximate surface area is 238 Å². The minimum Gasteiger partial charge on any atom is -0.350 e. The number of aromatic nitrogens is 3. The molecule has 0 spiro atoms. The first-order valence-corrected chi connectivity index (χ1v) is 13.6. The molecule has 8 nitrogen and oxygen atoms in total. The lowest BCUT2D eigenvalue weighted by molar-refractivity contribution is -0.126. The van der Waals surface area contributed by atoms with Gasteiger partial charge >= 0.3 is 5.69 Å². The first-order chi connectivity index (χ1) is 19.7. The van der Waals surface area contributed by atoms with Crippen LogP contribution in [-0.4, -0.2) is 51.0 Å². The summed E-state index contributed by atoms with van der Waals surface area (Å²) in [5, 5.41) is 10.7. The summed E-state index contributed by atoms with van der Waals surface area (Å²) in [6, 6.07) is 13.6. The number of carbonyl (C=O) groups is 1. The molecule has 3 heterocycles. The number of piperazine rings is 1. The number of amides is 1. The molecule has 208 valence electrons. The van der Waals surface area contributed by atoms with Crippen LogP contribution in [0.2, 0.25) is 0 Å². The highest BCUT2D eigenvalue weighted by atomic mass is 19.1. The Balaban J connectivity index is 1.85. The minimum absolute atomic E-state index is 0.00597. The third-order valence-corrected chi connectivity index (χ3v) is 7.61. The Kier molecular flexibility index (Phi) is 7.41. The highest BCUT2D eigenvalue weighted by molar-refractivity contribution is 5.96. The molecule has 0 radical (unpaired) electrons. The molecular formula is C32H31FN6O2. The van der Waals surface area contributed by atoms with E-state index in [1.54, 1.807) is 41.4 Å². The van der Waals surface area contributed by atoms with Gasteiger partial charge in [-0.2, -0.15) is 10.2 Å². The van der Waals surface area contributed by atoms with E-state index in [2.05, 4.69) is 22.6 Å². The van der Waals surface area contributed by atoms with Crippen molar-refractivity contribution in [2.24, 2.45) is 0 Å². The molecule has 1 fully saturated rings. The molecule has 0 N–H and O–H groups in total. The van der Waals surface area contributed by atoms with Crippen molar-refractivity contribution in [1.29, 1.82) is 5.26 Å². The molecule has 1 aliphatic heterocycles. The van der Waals surface area contributed by atoms with Gasteiger partial charge in [-0.1, -0.05) is 38.6 Å². The zero-order valence-corrected chi connectivity index (χ0v) is 23.6. The van der Waals surface area contributed by atoms with Crippen molar-refractivity contribution in [3.8, 4) is 22.9 Å². The molecule has 2 aromatic carbocycles. The van der Waals surface area contributed by atoms with Crippen LogP contribution in [0, 0.1) is 24.1 Å². The zero-order valence-electron chi connectivity index (χ0n) is 23.6. The lowest BCUT2D eigenvalue weighted by Crippen LogP contribution is -2.54. The fraction of sp³-hybridized carbons (Fsp3) is 0.281. The van der Waals surface area contributed by atoms with E-state index in [4.69, 9.17) is 0 Å². The predicted octanol–water partition coefficient (Wildman–Crippen LogP) is 5.11. The van der Waals surface area contributed by atoms with Gasteiger partial charge in [-0.05, 0) is 55.7 Å². The number of carbonyl (C=O) groups excluding carboxylic acids is 1. The number of rotatable bonds is 5. The summed E-state index contributed by atoms with van der Waals surface area (Å²) < 4.78 is 16.6. The van der Waals surface area contributed by atoms with Crippen LogP contribution in [0.4, 0.5) is 10.2 Å². The first-order valence-electron chi connectivity index (χ1n) is 13.6. The maximum Gasteiger partial charge on any atom is 0.354 e. The van der Waals surface area contributed by atoms with Crippen LogP contribution in [0.3, 0.4) is 0 Å². The molecule has 5 rings (SSSR count). The lowest BCUT2D eigenvalue weighted by atomic mass is 9.96. The van der Waals surface area contributed by atoms with Gasteiger partial charge < -0.3 is 9.80 Å². The Morgan fingerprint density at radius 2 is 1.95 bits per heavy atom. The summed E-state index contributed by atoms with van der Waals surface area (Å²) in [5.74, 6) is -0.196. The largest absolute Gasteiger partial charge is 0.354 e. The summed E-state index contributed by atoms with van der Waals surface area (Å²) in [6.45, 7) is 12.8. The second kappa shape index (κ2) is 11.0. The van der Waals surface area contributed by atoms with Gasteiger partial charge in [0.2, 0.25) is 5.91 Å². The number of halogens is 1. The monoisotopic (exact) mass is 550 g/mol. The van der Waals surface area contributed by atoms with Crippen molar-refractivity contribution in [2.45, 2.75) is 39.7 Å². The van der Waals surface area contributed by atoms with Crippen molar-refractivity contribution < 1.29 is 9.18 Å². The molecule has 0 aliphatic carbocycles. The maximum absolute atomic E-state index is 15.0. The zero-order chi connectivity index (χ0) is 29.4. The molecule has 1 amide bonds. The summed E-state index contributed by atoms with van der Waals surface area (Å²) in [6.07, 6.45) is 3.01. The van der Waals surface area contributed by atoms with E-state index in [1.807, 2.05) is 38.7 Å². The van der Waals surface area contributed by atoms with E-state index in [9.17, 15) is 14.9 Å². The van der Waals surface area contributed by atoms with E-state index in [0.717, 1.165) is 11.3 Å². The van der Waals surface area contributed by atoms with Crippen molar-refractivity contribution in [3.05, 3.63) is 94.4 Å². The molecule has 9 heteroatoms. The Morgan fingerprint density at radius 1 is 1.20 bits per heavy atom. The number of benzene rings is 2. The first kappa shape index (κ1) is 27.7. The van der Waals surface area contributed by atoms with Crippen molar-refractivity contribution in [1.82, 2.24) is 19.4 Å². The van der Waals surface area contributed by atoms with Crippen LogP contribution < -0.4 is 10.6 Å². The Morgan fingerprint density at radius 3 is 2.61 bits per heavy atom. The number of fused-ring (bicyclic) bond motifs is 1. The molecule has 0 saturated carbocycles. The van der Waals surface area contributed by atoms with Gasteiger partial charge in [0.1, 0.15) is 11.6 Å². The second-order valence-corrected chi connectivity index (χ2v) is 10.6. The van der Waals surface area contributed by atoms with Crippen LogP contribution in [0.1, 0.15) is 43.5 Å². The van der Waals surface area contributed by atoms with E-state index >= 15 is 4.39 Å². The SMILES string of the molecule is C=CC(=O)N1CCN(c2nc(=O)n(-c3c(C)ccnc3C(C)C)c3cc(-c4ccccc4F)c(C#N)cc23)C(C)C1. The molecule has 1 atom stereocenters. The third-order valence-electron chi connectivity index (χ3n) is 7.61. The molecule has 1 saturated heterocycles. The number of hydrogen-bond donors (Lipinski definition) is 0. The topological polar surface area (TPSA) is 95.1 Å². The summed E-state index contributed by atoms with van der Waals surface area (Å²) >= 11 is 0. The van der Waals surface area contributed by atoms with Crippen LogP contribution in [0.25, 0.3) is 27.7 Å². The van der Waals surface area contributed by atoms with Gasteiger partial charge in [0.05, 0.1) is 28.5 Å². The van der Waals surface area contributed by atoms with Gasteiger partial charge in [-0.3, -0.25) is 14.3 Å². The average molecular weight is 551 g/mol. The van der Waals surface area contributed by atoms with E-state index in [1.165, 1.54) is 16.7 Å². The molecule has 2 aromatic heterocycles. The maximum atomic E-state index is 15.0. The fourth-order valence-corrected chi connectivity index (χ4v) is 5.57. The van der Waals surface area contributed by atoms with E-state index in [0.29, 0.717) is 47.6 Å². The quantitative estimate of drug-likeness (QED) is 0.321. The van der Waals surface area contributed by atoms with Crippen molar-refractivity contribution >= 4 is 22.6 Å². The smallest absolute Gasteiger partial charge is 0.350 e. The number of aryl methyl sites for hydroxylation is 1. The predicted molar refractivity (Wildman–Crippen MR) is 158 cm³/mol. The van der Waals surface area contributed by atoms with Crippen LogP contribution in [-0.2, 0) is 4.79 Å². The van der Waals surface area contributed by atoms with E-state index < -0.39 is 11.5 Å².